The lowest BCUT2D eigenvalue weighted by atomic mass is 10.3. The average Bonchev–Trinajstić information content (AvgIpc) is 2.18. The third-order valence-electron chi connectivity index (χ3n) is 1.24. The molecule has 1 heterocycles. The fourth-order valence-corrected chi connectivity index (χ4v) is 2.77. The standard InChI is InChI=1S/C5H8BBrO3S/c1-4-5(7)2-3-11(4)10-6(8)9/h2-3,8-9,11H,1H3. The summed E-state index contributed by atoms with van der Waals surface area (Å²) in [4.78, 5) is 1.01. The van der Waals surface area contributed by atoms with E-state index in [0.717, 1.165) is 9.39 Å². The molecule has 0 amide bonds. The lowest BCUT2D eigenvalue weighted by molar-refractivity contribution is 0.307. The molecule has 0 fully saturated rings. The molecule has 1 aliphatic rings. The molecular formula is C5H8BBrO3S. The quantitative estimate of drug-likeness (QED) is 0.498. The molecule has 1 aliphatic heterocycles. The van der Waals surface area contributed by atoms with Crippen molar-refractivity contribution in [3.8, 4) is 0 Å². The van der Waals surface area contributed by atoms with Crippen LogP contribution in [0.1, 0.15) is 6.92 Å². The monoisotopic (exact) mass is 238 g/mol. The molecular weight excluding hydrogens is 231 g/mol. The second kappa shape index (κ2) is 3.77. The summed E-state index contributed by atoms with van der Waals surface area (Å²) >= 11 is 2.37. The van der Waals surface area contributed by atoms with Crippen molar-refractivity contribution in [2.24, 2.45) is 0 Å². The van der Waals surface area contributed by atoms with Gasteiger partial charge in [0.05, 0.1) is 0 Å². The van der Waals surface area contributed by atoms with Crippen molar-refractivity contribution < 1.29 is 14.1 Å². The number of halogens is 1. The van der Waals surface area contributed by atoms with Gasteiger partial charge in [-0.3, -0.25) is 0 Å². The van der Waals surface area contributed by atoms with Crippen molar-refractivity contribution in [1.29, 1.82) is 0 Å². The van der Waals surface area contributed by atoms with Crippen LogP contribution in [-0.2, 0) is 4.10 Å². The van der Waals surface area contributed by atoms with Gasteiger partial charge < -0.3 is 14.1 Å². The molecule has 1 atom stereocenters. The predicted molar refractivity (Wildman–Crippen MR) is 51.0 cm³/mol. The second-order valence-electron chi connectivity index (χ2n) is 2.01. The molecule has 0 saturated heterocycles. The maximum absolute atomic E-state index is 8.49. The number of hydrogen-bond acceptors (Lipinski definition) is 3. The molecule has 6 heteroatoms. The molecule has 2 N–H and O–H groups in total. The Kier molecular flexibility index (Phi) is 3.21. The van der Waals surface area contributed by atoms with Crippen LogP contribution >= 0.6 is 27.1 Å². The van der Waals surface area contributed by atoms with E-state index in [9.17, 15) is 0 Å². The molecule has 0 spiro atoms. The predicted octanol–water partition coefficient (Wildman–Crippen LogP) is 1.04. The molecule has 0 aliphatic carbocycles. The van der Waals surface area contributed by atoms with Crippen LogP contribution in [0.25, 0.3) is 0 Å². The van der Waals surface area contributed by atoms with Crippen molar-refractivity contribution >= 4 is 34.4 Å². The Bertz CT molecular complexity index is 216. The van der Waals surface area contributed by atoms with Crippen LogP contribution in [0.15, 0.2) is 20.9 Å². The van der Waals surface area contributed by atoms with Crippen LogP contribution in [0, 0.1) is 0 Å². The van der Waals surface area contributed by atoms with Crippen molar-refractivity contribution in [1.82, 2.24) is 0 Å². The molecule has 0 radical (unpaired) electrons. The van der Waals surface area contributed by atoms with Gasteiger partial charge in [0.1, 0.15) is 0 Å². The molecule has 1 rings (SSSR count). The SMILES string of the molecule is CC1=C(Br)C=C[SH]1OB(O)O. The Hall–Kier alpha value is 0.255. The van der Waals surface area contributed by atoms with Crippen molar-refractivity contribution in [2.75, 3.05) is 0 Å². The first kappa shape index (κ1) is 9.34. The van der Waals surface area contributed by atoms with Crippen molar-refractivity contribution in [3.05, 3.63) is 20.9 Å². The molecule has 0 aromatic rings. The van der Waals surface area contributed by atoms with Gasteiger partial charge in [0.15, 0.2) is 0 Å². The highest BCUT2D eigenvalue weighted by Gasteiger charge is 2.18. The van der Waals surface area contributed by atoms with Crippen LogP contribution in [0.4, 0.5) is 0 Å². The van der Waals surface area contributed by atoms with Gasteiger partial charge in [-0.15, -0.1) is 11.2 Å². The van der Waals surface area contributed by atoms with E-state index in [0.29, 0.717) is 0 Å². The Morgan fingerprint density at radius 3 is 2.64 bits per heavy atom. The van der Waals surface area contributed by atoms with Gasteiger partial charge in [-0.25, -0.2) is 0 Å². The first-order valence-corrected chi connectivity index (χ1v) is 5.10. The zero-order valence-electron chi connectivity index (χ0n) is 5.86. The van der Waals surface area contributed by atoms with E-state index >= 15 is 0 Å². The smallest absolute Gasteiger partial charge is 0.401 e. The van der Waals surface area contributed by atoms with E-state index in [1.807, 2.05) is 18.4 Å². The maximum Gasteiger partial charge on any atom is 0.644 e. The lowest BCUT2D eigenvalue weighted by Gasteiger charge is -2.14. The first-order valence-electron chi connectivity index (χ1n) is 2.98. The van der Waals surface area contributed by atoms with E-state index in [1.54, 1.807) is 0 Å². The lowest BCUT2D eigenvalue weighted by Crippen LogP contribution is -2.14. The highest BCUT2D eigenvalue weighted by molar-refractivity contribution is 9.12. The zero-order valence-corrected chi connectivity index (χ0v) is 8.34. The van der Waals surface area contributed by atoms with Crippen LogP contribution < -0.4 is 0 Å². The Labute approximate surface area is 76.6 Å². The molecule has 0 bridgehead atoms. The fourth-order valence-electron chi connectivity index (χ4n) is 0.687. The number of rotatable bonds is 2. The normalized spacial score (nSPS) is 26.4. The van der Waals surface area contributed by atoms with E-state index in [-0.39, 0.29) is 0 Å². The highest BCUT2D eigenvalue weighted by Crippen LogP contribution is 2.46. The van der Waals surface area contributed by atoms with Crippen molar-refractivity contribution in [3.63, 3.8) is 0 Å². The molecule has 62 valence electrons. The summed E-state index contributed by atoms with van der Waals surface area (Å²) in [6.45, 7) is 1.89. The van der Waals surface area contributed by atoms with Crippen LogP contribution in [0.3, 0.4) is 0 Å². The van der Waals surface area contributed by atoms with Crippen LogP contribution in [-0.4, -0.2) is 17.4 Å². The highest BCUT2D eigenvalue weighted by atomic mass is 79.9. The summed E-state index contributed by atoms with van der Waals surface area (Å²) in [7, 11) is -1.68. The fraction of sp³-hybridized carbons (Fsp3) is 0.200. The maximum atomic E-state index is 8.49. The molecule has 11 heavy (non-hydrogen) atoms. The topological polar surface area (TPSA) is 49.7 Å². The third kappa shape index (κ3) is 2.35. The Morgan fingerprint density at radius 1 is 1.64 bits per heavy atom. The number of hydrogen-bond donors (Lipinski definition) is 3. The second-order valence-corrected chi connectivity index (χ2v) is 4.69. The minimum Gasteiger partial charge on any atom is -0.401 e. The van der Waals surface area contributed by atoms with E-state index in [1.165, 1.54) is 0 Å². The summed E-state index contributed by atoms with van der Waals surface area (Å²) in [6.07, 6.45) is 1.85. The molecule has 0 aromatic carbocycles. The van der Waals surface area contributed by atoms with E-state index in [4.69, 9.17) is 14.1 Å². The molecule has 0 saturated carbocycles. The molecule has 0 aromatic heterocycles. The van der Waals surface area contributed by atoms with Gasteiger partial charge in [0, 0.05) is 9.39 Å². The summed E-state index contributed by atoms with van der Waals surface area (Å²) in [5.41, 5.74) is 0. The van der Waals surface area contributed by atoms with Crippen LogP contribution in [0.5, 0.6) is 0 Å². The van der Waals surface area contributed by atoms with Gasteiger partial charge in [-0.05, 0) is 34.3 Å². The molecule has 1 unspecified atom stereocenters. The van der Waals surface area contributed by atoms with Gasteiger partial charge in [0.25, 0.3) is 0 Å². The van der Waals surface area contributed by atoms with Gasteiger partial charge in [-0.2, -0.15) is 0 Å². The van der Waals surface area contributed by atoms with E-state index < -0.39 is 18.5 Å². The van der Waals surface area contributed by atoms with Crippen molar-refractivity contribution in [2.45, 2.75) is 6.92 Å². The number of allylic oxidation sites excluding steroid dienone is 3. The average molecular weight is 239 g/mol. The van der Waals surface area contributed by atoms with Gasteiger partial charge >= 0.3 is 7.32 Å². The van der Waals surface area contributed by atoms with E-state index in [2.05, 4.69) is 15.9 Å². The van der Waals surface area contributed by atoms with Crippen LogP contribution in [0.2, 0.25) is 0 Å². The third-order valence-corrected chi connectivity index (χ3v) is 4.14. The van der Waals surface area contributed by atoms with Gasteiger partial charge in [0.2, 0.25) is 0 Å². The summed E-state index contributed by atoms with van der Waals surface area (Å²) in [5.74, 6) is 0. The number of thiol groups is 1. The minimum atomic E-state index is -1.68. The first-order chi connectivity index (χ1) is 5.11. The Balaban J connectivity index is 2.58. The summed E-state index contributed by atoms with van der Waals surface area (Å²) in [6, 6.07) is 0. The summed E-state index contributed by atoms with van der Waals surface area (Å²) < 4.78 is 5.76. The largest absolute Gasteiger partial charge is 0.644 e. The Morgan fingerprint density at radius 2 is 2.27 bits per heavy atom. The molecule has 3 nitrogen and oxygen atoms in total. The van der Waals surface area contributed by atoms with Gasteiger partial charge in [-0.1, -0.05) is 0 Å². The minimum absolute atomic E-state index is 0.933. The zero-order chi connectivity index (χ0) is 8.43. The summed E-state index contributed by atoms with van der Waals surface area (Å²) in [5, 5.41) is 18.8.